The Labute approximate surface area is 131 Å². The largest absolute Gasteiger partial charge is 0.382 e. The van der Waals surface area contributed by atoms with Gasteiger partial charge in [-0.3, -0.25) is 4.99 Å². The number of halogens is 2. The van der Waals surface area contributed by atoms with Crippen LogP contribution in [0.5, 0.6) is 0 Å². The van der Waals surface area contributed by atoms with E-state index in [1.165, 1.54) is 18.2 Å². The van der Waals surface area contributed by atoms with Gasteiger partial charge in [-0.1, -0.05) is 6.07 Å². The molecule has 6 heteroatoms. The van der Waals surface area contributed by atoms with Crippen molar-refractivity contribution in [3.8, 4) is 0 Å². The molecule has 0 aliphatic heterocycles. The lowest BCUT2D eigenvalue weighted by Gasteiger charge is -2.12. The maximum absolute atomic E-state index is 13.5. The van der Waals surface area contributed by atoms with Crippen LogP contribution in [-0.2, 0) is 11.2 Å². The first-order valence-corrected chi connectivity index (χ1v) is 7.64. The Morgan fingerprint density at radius 2 is 1.82 bits per heavy atom. The Kier molecular flexibility index (Phi) is 9.14. The summed E-state index contributed by atoms with van der Waals surface area (Å²) in [6.45, 7) is 4.67. The Hall–Kier alpha value is -1.69. The van der Waals surface area contributed by atoms with Crippen LogP contribution in [0.4, 0.5) is 8.78 Å². The number of aliphatic imine (C=N–C) groups is 1. The van der Waals surface area contributed by atoms with Crippen molar-refractivity contribution in [3.63, 3.8) is 0 Å². The third kappa shape index (κ3) is 6.85. The van der Waals surface area contributed by atoms with Crippen LogP contribution in [-0.4, -0.2) is 39.3 Å². The summed E-state index contributed by atoms with van der Waals surface area (Å²) in [5, 5.41) is 6.21. The molecule has 124 valence electrons. The number of unbranched alkanes of at least 4 members (excludes halogenated alkanes) is 1. The van der Waals surface area contributed by atoms with Gasteiger partial charge in [0.2, 0.25) is 0 Å². The van der Waals surface area contributed by atoms with Crippen molar-refractivity contribution in [1.29, 1.82) is 0 Å². The molecule has 22 heavy (non-hydrogen) atoms. The van der Waals surface area contributed by atoms with E-state index < -0.39 is 11.6 Å². The van der Waals surface area contributed by atoms with Gasteiger partial charge in [-0.2, -0.15) is 0 Å². The minimum atomic E-state index is -0.513. The number of nitrogens with one attached hydrogen (secondary N) is 2. The van der Waals surface area contributed by atoms with Gasteiger partial charge in [-0.15, -0.1) is 0 Å². The summed E-state index contributed by atoms with van der Waals surface area (Å²) in [4.78, 5) is 4.07. The first-order chi connectivity index (χ1) is 10.7. The first kappa shape index (κ1) is 18.4. The fourth-order valence-electron chi connectivity index (χ4n) is 1.98. The molecule has 1 aromatic rings. The average Bonchev–Trinajstić information content (AvgIpc) is 2.51. The van der Waals surface area contributed by atoms with E-state index in [4.69, 9.17) is 4.74 Å². The second-order valence-electron chi connectivity index (χ2n) is 4.78. The van der Waals surface area contributed by atoms with E-state index in [2.05, 4.69) is 15.6 Å². The number of ether oxygens (including phenoxy) is 1. The van der Waals surface area contributed by atoms with E-state index in [-0.39, 0.29) is 12.0 Å². The highest BCUT2D eigenvalue weighted by molar-refractivity contribution is 5.79. The molecule has 1 rings (SSSR count). The number of guanidine groups is 1. The van der Waals surface area contributed by atoms with Crippen LogP contribution in [0.25, 0.3) is 0 Å². The molecule has 0 saturated heterocycles. The van der Waals surface area contributed by atoms with Crippen LogP contribution in [0.2, 0.25) is 0 Å². The minimum Gasteiger partial charge on any atom is -0.382 e. The Morgan fingerprint density at radius 3 is 2.45 bits per heavy atom. The minimum absolute atomic E-state index is 0.0992. The van der Waals surface area contributed by atoms with Gasteiger partial charge in [-0.25, -0.2) is 8.78 Å². The molecule has 2 N–H and O–H groups in total. The van der Waals surface area contributed by atoms with Gasteiger partial charge in [0, 0.05) is 38.9 Å². The number of nitrogens with zero attached hydrogens (tertiary/aromatic N) is 1. The SMILES string of the molecule is CCOCCCCNC(=NC)NCCc1c(F)cccc1F. The molecule has 1 aromatic carbocycles. The fourth-order valence-corrected chi connectivity index (χ4v) is 1.98. The lowest BCUT2D eigenvalue weighted by molar-refractivity contribution is 0.143. The summed E-state index contributed by atoms with van der Waals surface area (Å²) in [6, 6.07) is 3.90. The molecule has 0 saturated carbocycles. The topological polar surface area (TPSA) is 45.6 Å². The molecule has 0 aliphatic carbocycles. The molecular formula is C16H25F2N3O. The summed E-state index contributed by atoms with van der Waals surface area (Å²) < 4.78 is 32.2. The summed E-state index contributed by atoms with van der Waals surface area (Å²) in [7, 11) is 1.67. The molecule has 0 fully saturated rings. The van der Waals surface area contributed by atoms with Crippen LogP contribution < -0.4 is 10.6 Å². The van der Waals surface area contributed by atoms with Crippen LogP contribution in [0.15, 0.2) is 23.2 Å². The zero-order valence-electron chi connectivity index (χ0n) is 13.3. The number of hydrogen-bond donors (Lipinski definition) is 2. The lowest BCUT2D eigenvalue weighted by atomic mass is 10.1. The van der Waals surface area contributed by atoms with E-state index in [0.717, 1.165) is 32.6 Å². The number of hydrogen-bond acceptors (Lipinski definition) is 2. The van der Waals surface area contributed by atoms with Crippen molar-refractivity contribution in [2.24, 2.45) is 4.99 Å². The standard InChI is InChI=1S/C16H25F2N3O/c1-3-22-12-5-4-10-20-16(19-2)21-11-9-13-14(17)7-6-8-15(13)18/h6-8H,3-5,9-12H2,1-2H3,(H2,19,20,21). The van der Waals surface area contributed by atoms with Crippen molar-refractivity contribution >= 4 is 5.96 Å². The average molecular weight is 313 g/mol. The molecule has 0 aliphatic rings. The van der Waals surface area contributed by atoms with Crippen LogP contribution in [0, 0.1) is 11.6 Å². The normalized spacial score (nSPS) is 11.5. The van der Waals surface area contributed by atoms with E-state index >= 15 is 0 Å². The number of rotatable bonds is 9. The Morgan fingerprint density at radius 1 is 1.14 bits per heavy atom. The molecule has 0 bridgehead atoms. The van der Waals surface area contributed by atoms with Crippen molar-refractivity contribution in [2.75, 3.05) is 33.4 Å². The predicted molar refractivity (Wildman–Crippen MR) is 85.2 cm³/mol. The lowest BCUT2D eigenvalue weighted by Crippen LogP contribution is -2.38. The summed E-state index contributed by atoms with van der Waals surface area (Å²) in [5.41, 5.74) is 0.0992. The molecule has 0 radical (unpaired) electrons. The quantitative estimate of drug-likeness (QED) is 0.418. The van der Waals surface area contributed by atoms with E-state index in [1.54, 1.807) is 7.05 Å². The Bertz CT molecular complexity index is 446. The fraction of sp³-hybridized carbons (Fsp3) is 0.562. The molecule has 0 heterocycles. The van der Waals surface area contributed by atoms with Gasteiger partial charge in [0.25, 0.3) is 0 Å². The third-order valence-electron chi connectivity index (χ3n) is 3.16. The van der Waals surface area contributed by atoms with Gasteiger partial charge in [0.1, 0.15) is 11.6 Å². The highest BCUT2D eigenvalue weighted by Crippen LogP contribution is 2.11. The van der Waals surface area contributed by atoms with Gasteiger partial charge in [-0.05, 0) is 38.3 Å². The maximum atomic E-state index is 13.5. The molecule has 0 atom stereocenters. The third-order valence-corrected chi connectivity index (χ3v) is 3.16. The van der Waals surface area contributed by atoms with Gasteiger partial charge in [0.15, 0.2) is 5.96 Å². The van der Waals surface area contributed by atoms with E-state index in [0.29, 0.717) is 12.5 Å². The zero-order valence-corrected chi connectivity index (χ0v) is 13.3. The predicted octanol–water partition coefficient (Wildman–Crippen LogP) is 2.49. The summed E-state index contributed by atoms with van der Waals surface area (Å²) >= 11 is 0. The van der Waals surface area contributed by atoms with Gasteiger partial charge in [0.05, 0.1) is 0 Å². The Balaban J connectivity index is 2.24. The smallest absolute Gasteiger partial charge is 0.190 e. The summed E-state index contributed by atoms with van der Waals surface area (Å²) in [5.74, 6) is -0.394. The van der Waals surface area contributed by atoms with Gasteiger partial charge < -0.3 is 15.4 Å². The van der Waals surface area contributed by atoms with Crippen molar-refractivity contribution in [3.05, 3.63) is 35.4 Å². The highest BCUT2D eigenvalue weighted by atomic mass is 19.1. The molecule has 0 spiro atoms. The molecule has 4 nitrogen and oxygen atoms in total. The number of benzene rings is 1. The van der Waals surface area contributed by atoms with Crippen LogP contribution in [0.1, 0.15) is 25.3 Å². The second-order valence-corrected chi connectivity index (χ2v) is 4.78. The van der Waals surface area contributed by atoms with Crippen molar-refractivity contribution in [2.45, 2.75) is 26.2 Å². The maximum Gasteiger partial charge on any atom is 0.190 e. The zero-order chi connectivity index (χ0) is 16.2. The molecular weight excluding hydrogens is 288 g/mol. The molecule has 0 unspecified atom stereocenters. The highest BCUT2D eigenvalue weighted by Gasteiger charge is 2.08. The van der Waals surface area contributed by atoms with Crippen molar-refractivity contribution < 1.29 is 13.5 Å². The van der Waals surface area contributed by atoms with Gasteiger partial charge >= 0.3 is 0 Å². The molecule has 0 aromatic heterocycles. The van der Waals surface area contributed by atoms with Crippen LogP contribution in [0.3, 0.4) is 0 Å². The summed E-state index contributed by atoms with van der Waals surface area (Å²) in [6.07, 6.45) is 2.23. The monoisotopic (exact) mass is 313 g/mol. The van der Waals surface area contributed by atoms with E-state index in [1.807, 2.05) is 6.92 Å². The first-order valence-electron chi connectivity index (χ1n) is 7.64. The second kappa shape index (κ2) is 11.0. The van der Waals surface area contributed by atoms with Crippen molar-refractivity contribution in [1.82, 2.24) is 10.6 Å². The van der Waals surface area contributed by atoms with Crippen LogP contribution >= 0.6 is 0 Å². The molecule has 0 amide bonds. The van der Waals surface area contributed by atoms with E-state index in [9.17, 15) is 8.78 Å².